The zero-order valence-corrected chi connectivity index (χ0v) is 15.0. The van der Waals surface area contributed by atoms with Crippen LogP contribution in [0.1, 0.15) is 34.0 Å². The molecule has 1 atom stereocenters. The molecule has 1 fully saturated rings. The zero-order valence-electron chi connectivity index (χ0n) is 14.3. The molecule has 0 aromatic carbocycles. The van der Waals surface area contributed by atoms with E-state index in [-0.39, 0.29) is 24.3 Å². The van der Waals surface area contributed by atoms with Gasteiger partial charge in [-0.05, 0) is 32.4 Å². The van der Waals surface area contributed by atoms with Crippen molar-refractivity contribution in [2.24, 2.45) is 5.73 Å². The third-order valence-electron chi connectivity index (χ3n) is 4.31. The number of pyridine rings is 1. The standard InChI is InChI=1S/C17H21ClN6O/c1-10-11(2)22-15(23-16(10)24-6-5-13(19)9-24)17(25)21-8-14-4-3-12(18)7-20-14/h3-4,7,13H,5-6,8-9,19H2,1-2H3,(H,21,25)/t13-/m1/s1. The maximum Gasteiger partial charge on any atom is 0.289 e. The molecule has 1 aliphatic heterocycles. The van der Waals surface area contributed by atoms with Crippen LogP contribution in [-0.2, 0) is 6.54 Å². The smallest absolute Gasteiger partial charge is 0.289 e. The van der Waals surface area contributed by atoms with Crippen molar-refractivity contribution in [3.63, 3.8) is 0 Å². The van der Waals surface area contributed by atoms with Crippen LogP contribution in [0.5, 0.6) is 0 Å². The van der Waals surface area contributed by atoms with Crippen LogP contribution in [-0.4, -0.2) is 40.0 Å². The van der Waals surface area contributed by atoms with E-state index in [1.54, 1.807) is 18.3 Å². The van der Waals surface area contributed by atoms with Crippen molar-refractivity contribution in [2.45, 2.75) is 32.9 Å². The number of nitrogens with zero attached hydrogens (tertiary/aromatic N) is 4. The maximum atomic E-state index is 12.4. The number of amides is 1. The van der Waals surface area contributed by atoms with Crippen LogP contribution in [0.2, 0.25) is 5.02 Å². The van der Waals surface area contributed by atoms with Crippen LogP contribution in [0, 0.1) is 13.8 Å². The summed E-state index contributed by atoms with van der Waals surface area (Å²) in [5.41, 5.74) is 8.47. The van der Waals surface area contributed by atoms with Gasteiger partial charge in [-0.15, -0.1) is 0 Å². The fourth-order valence-corrected chi connectivity index (χ4v) is 2.88. The summed E-state index contributed by atoms with van der Waals surface area (Å²) in [6.45, 7) is 5.72. The van der Waals surface area contributed by atoms with Gasteiger partial charge in [0, 0.05) is 36.6 Å². The predicted octanol–water partition coefficient (Wildman–Crippen LogP) is 1.61. The van der Waals surface area contributed by atoms with Crippen molar-refractivity contribution < 1.29 is 4.79 Å². The highest BCUT2D eigenvalue weighted by Gasteiger charge is 2.24. The molecule has 7 nitrogen and oxygen atoms in total. The number of nitrogens with one attached hydrogen (secondary N) is 1. The van der Waals surface area contributed by atoms with Crippen LogP contribution in [0.3, 0.4) is 0 Å². The number of halogens is 1. The summed E-state index contributed by atoms with van der Waals surface area (Å²) < 4.78 is 0. The molecule has 3 N–H and O–H groups in total. The molecule has 0 aliphatic carbocycles. The molecule has 0 saturated carbocycles. The number of hydrogen-bond acceptors (Lipinski definition) is 6. The normalized spacial score (nSPS) is 17.0. The minimum atomic E-state index is -0.329. The molecule has 1 saturated heterocycles. The van der Waals surface area contributed by atoms with Crippen molar-refractivity contribution in [1.29, 1.82) is 0 Å². The van der Waals surface area contributed by atoms with Crippen molar-refractivity contribution in [3.8, 4) is 0 Å². The van der Waals surface area contributed by atoms with E-state index in [0.29, 0.717) is 10.7 Å². The molecule has 3 heterocycles. The molecule has 0 unspecified atom stereocenters. The van der Waals surface area contributed by atoms with E-state index in [4.69, 9.17) is 17.3 Å². The van der Waals surface area contributed by atoms with Gasteiger partial charge in [0.2, 0.25) is 5.82 Å². The van der Waals surface area contributed by atoms with Gasteiger partial charge < -0.3 is 16.0 Å². The summed E-state index contributed by atoms with van der Waals surface area (Å²) in [5.74, 6) is 0.618. The Morgan fingerprint density at radius 1 is 1.40 bits per heavy atom. The lowest BCUT2D eigenvalue weighted by Gasteiger charge is -2.20. The third kappa shape index (κ3) is 4.05. The van der Waals surface area contributed by atoms with Crippen molar-refractivity contribution in [3.05, 3.63) is 46.1 Å². The predicted molar refractivity (Wildman–Crippen MR) is 96.7 cm³/mol. The fourth-order valence-electron chi connectivity index (χ4n) is 2.76. The largest absolute Gasteiger partial charge is 0.355 e. The molecule has 8 heteroatoms. The summed E-state index contributed by atoms with van der Waals surface area (Å²) in [6.07, 6.45) is 2.47. The van der Waals surface area contributed by atoms with Gasteiger partial charge in [-0.25, -0.2) is 9.97 Å². The van der Waals surface area contributed by atoms with Crippen molar-refractivity contribution in [1.82, 2.24) is 20.3 Å². The van der Waals surface area contributed by atoms with Gasteiger partial charge in [-0.1, -0.05) is 11.6 Å². The summed E-state index contributed by atoms with van der Waals surface area (Å²) in [7, 11) is 0. The van der Waals surface area contributed by atoms with E-state index in [9.17, 15) is 4.79 Å². The SMILES string of the molecule is Cc1nc(C(=O)NCc2ccc(Cl)cn2)nc(N2CC[C@@H](N)C2)c1C. The lowest BCUT2D eigenvalue weighted by atomic mass is 10.2. The Labute approximate surface area is 151 Å². The van der Waals surface area contributed by atoms with Crippen LogP contribution in [0.4, 0.5) is 5.82 Å². The zero-order chi connectivity index (χ0) is 18.0. The molecule has 0 spiro atoms. The van der Waals surface area contributed by atoms with Crippen LogP contribution in [0.25, 0.3) is 0 Å². The van der Waals surface area contributed by atoms with Gasteiger partial charge in [0.1, 0.15) is 5.82 Å². The topological polar surface area (TPSA) is 97.0 Å². The Morgan fingerprint density at radius 2 is 2.20 bits per heavy atom. The highest BCUT2D eigenvalue weighted by Crippen LogP contribution is 2.23. The highest BCUT2D eigenvalue weighted by molar-refractivity contribution is 6.30. The molecule has 2 aromatic rings. The van der Waals surface area contributed by atoms with Gasteiger partial charge in [0.15, 0.2) is 0 Å². The van der Waals surface area contributed by atoms with E-state index in [1.165, 1.54) is 0 Å². The Balaban J connectivity index is 1.75. The molecule has 0 bridgehead atoms. The number of anilines is 1. The maximum absolute atomic E-state index is 12.4. The number of hydrogen-bond donors (Lipinski definition) is 2. The Kier molecular flexibility index (Phi) is 5.15. The average molecular weight is 361 g/mol. The van der Waals surface area contributed by atoms with E-state index < -0.39 is 0 Å². The minimum absolute atomic E-state index is 0.142. The first-order valence-corrected chi connectivity index (χ1v) is 8.56. The first-order chi connectivity index (χ1) is 11.9. The molecular weight excluding hydrogens is 340 g/mol. The number of nitrogens with two attached hydrogens (primary N) is 1. The van der Waals surface area contributed by atoms with E-state index in [0.717, 1.165) is 36.6 Å². The van der Waals surface area contributed by atoms with Crippen LogP contribution in [0.15, 0.2) is 18.3 Å². The third-order valence-corrected chi connectivity index (χ3v) is 4.53. The van der Waals surface area contributed by atoms with E-state index in [2.05, 4.69) is 25.2 Å². The van der Waals surface area contributed by atoms with Gasteiger partial charge in [0.05, 0.1) is 17.3 Å². The first kappa shape index (κ1) is 17.6. The molecular formula is C17H21ClN6O. The Morgan fingerprint density at radius 3 is 2.84 bits per heavy atom. The van der Waals surface area contributed by atoms with Gasteiger partial charge >= 0.3 is 0 Å². The lowest BCUT2D eigenvalue weighted by molar-refractivity contribution is 0.0939. The van der Waals surface area contributed by atoms with E-state index in [1.807, 2.05) is 13.8 Å². The number of carbonyl (C=O) groups is 1. The summed E-state index contributed by atoms with van der Waals surface area (Å²) in [4.78, 5) is 27.5. The van der Waals surface area contributed by atoms with Crippen LogP contribution >= 0.6 is 11.6 Å². The number of carbonyl (C=O) groups excluding carboxylic acids is 1. The second kappa shape index (κ2) is 7.33. The lowest BCUT2D eigenvalue weighted by Crippen LogP contribution is -2.30. The molecule has 1 aliphatic rings. The second-order valence-corrected chi connectivity index (χ2v) is 6.66. The van der Waals surface area contributed by atoms with Gasteiger partial charge in [0.25, 0.3) is 5.91 Å². The highest BCUT2D eigenvalue weighted by atomic mass is 35.5. The van der Waals surface area contributed by atoms with Crippen molar-refractivity contribution >= 4 is 23.3 Å². The number of rotatable bonds is 4. The van der Waals surface area contributed by atoms with Gasteiger partial charge in [-0.3, -0.25) is 9.78 Å². The monoisotopic (exact) mass is 360 g/mol. The molecule has 132 valence electrons. The summed E-state index contributed by atoms with van der Waals surface area (Å²) >= 11 is 5.81. The Bertz CT molecular complexity index is 779. The molecule has 0 radical (unpaired) electrons. The molecule has 25 heavy (non-hydrogen) atoms. The molecule has 2 aromatic heterocycles. The first-order valence-electron chi connectivity index (χ1n) is 8.18. The van der Waals surface area contributed by atoms with E-state index >= 15 is 0 Å². The Hall–Kier alpha value is -2.25. The quantitative estimate of drug-likeness (QED) is 0.859. The number of aryl methyl sites for hydroxylation is 1. The average Bonchev–Trinajstić information content (AvgIpc) is 3.02. The molecule has 1 amide bonds. The molecule has 3 rings (SSSR count). The van der Waals surface area contributed by atoms with Crippen LogP contribution < -0.4 is 16.0 Å². The fraction of sp³-hybridized carbons (Fsp3) is 0.412. The second-order valence-electron chi connectivity index (χ2n) is 6.23. The van der Waals surface area contributed by atoms with Gasteiger partial charge in [-0.2, -0.15) is 0 Å². The number of aromatic nitrogens is 3. The van der Waals surface area contributed by atoms with Crippen molar-refractivity contribution in [2.75, 3.05) is 18.0 Å². The summed E-state index contributed by atoms with van der Waals surface area (Å²) in [5, 5.41) is 3.35. The minimum Gasteiger partial charge on any atom is -0.355 e. The summed E-state index contributed by atoms with van der Waals surface area (Å²) in [6, 6.07) is 3.64.